The largest absolute Gasteiger partial charge is 0.384 e. The van der Waals surface area contributed by atoms with Crippen LogP contribution in [-0.2, 0) is 15.3 Å². The summed E-state index contributed by atoms with van der Waals surface area (Å²) < 4.78 is 22.9. The lowest BCUT2D eigenvalue weighted by atomic mass is 9.86. The molecular weight excluding hydrogens is 246 g/mol. The van der Waals surface area contributed by atoms with Gasteiger partial charge in [-0.2, -0.15) is 0 Å². The number of nitrogens with one attached hydrogen (secondary N) is 1. The number of hydrogen-bond donors (Lipinski definition) is 1. The second-order valence-corrected chi connectivity index (χ2v) is 7.93. The van der Waals surface area contributed by atoms with Crippen molar-refractivity contribution < 1.29 is 8.42 Å². The van der Waals surface area contributed by atoms with E-state index in [2.05, 4.69) is 32.2 Å². The number of benzene rings is 1. The van der Waals surface area contributed by atoms with Crippen molar-refractivity contribution in [2.24, 2.45) is 0 Å². The summed E-state index contributed by atoms with van der Waals surface area (Å²) in [7, 11) is -2.90. The molecule has 4 heteroatoms. The third-order valence-corrected chi connectivity index (χ3v) is 4.61. The minimum Gasteiger partial charge on any atom is -0.384 e. The summed E-state index contributed by atoms with van der Waals surface area (Å²) >= 11 is 0. The summed E-state index contributed by atoms with van der Waals surface area (Å²) in [6.45, 7) is 8.59. The van der Waals surface area contributed by atoms with Crippen LogP contribution in [0.1, 0.15) is 33.3 Å². The second-order valence-electron chi connectivity index (χ2n) is 5.46. The first-order chi connectivity index (χ1) is 8.26. The SMILES string of the molecule is CCS(=O)(=O)CCNc1ccccc1C(C)(C)C. The minimum atomic E-state index is -2.90. The quantitative estimate of drug-likeness (QED) is 0.894. The lowest BCUT2D eigenvalue weighted by Gasteiger charge is -2.23. The topological polar surface area (TPSA) is 46.2 Å². The third-order valence-electron chi connectivity index (χ3n) is 2.90. The molecule has 18 heavy (non-hydrogen) atoms. The molecule has 1 aromatic rings. The Bertz CT molecular complexity index is 487. The van der Waals surface area contributed by atoms with E-state index in [4.69, 9.17) is 0 Å². The van der Waals surface area contributed by atoms with Gasteiger partial charge in [-0.1, -0.05) is 45.9 Å². The van der Waals surface area contributed by atoms with Crippen molar-refractivity contribution in [2.45, 2.75) is 33.1 Å². The van der Waals surface area contributed by atoms with Crippen LogP contribution in [0.4, 0.5) is 5.69 Å². The summed E-state index contributed by atoms with van der Waals surface area (Å²) in [6, 6.07) is 8.05. The number of sulfone groups is 1. The molecule has 0 fully saturated rings. The maximum atomic E-state index is 11.4. The zero-order valence-corrected chi connectivity index (χ0v) is 12.5. The monoisotopic (exact) mass is 269 g/mol. The van der Waals surface area contributed by atoms with E-state index in [1.807, 2.05) is 18.2 Å². The molecule has 1 N–H and O–H groups in total. The number of anilines is 1. The molecule has 0 amide bonds. The highest BCUT2D eigenvalue weighted by Crippen LogP contribution is 2.28. The highest BCUT2D eigenvalue weighted by molar-refractivity contribution is 7.91. The standard InChI is InChI=1S/C14H23NO2S/c1-5-18(16,17)11-10-15-13-9-7-6-8-12(13)14(2,3)4/h6-9,15H,5,10-11H2,1-4H3. The van der Waals surface area contributed by atoms with E-state index in [1.54, 1.807) is 6.92 Å². The summed E-state index contributed by atoms with van der Waals surface area (Å²) in [5, 5.41) is 3.23. The molecule has 0 saturated carbocycles. The van der Waals surface area contributed by atoms with Gasteiger partial charge in [0.05, 0.1) is 5.75 Å². The normalized spacial score (nSPS) is 12.4. The molecule has 0 aliphatic heterocycles. The fourth-order valence-corrected chi connectivity index (χ4v) is 2.48. The first-order valence-electron chi connectivity index (χ1n) is 6.30. The molecule has 0 bridgehead atoms. The van der Waals surface area contributed by atoms with E-state index >= 15 is 0 Å². The van der Waals surface area contributed by atoms with Crippen molar-refractivity contribution in [1.82, 2.24) is 0 Å². The van der Waals surface area contributed by atoms with Gasteiger partial charge in [-0.25, -0.2) is 8.42 Å². The average molecular weight is 269 g/mol. The molecule has 1 rings (SSSR count). The number of hydrogen-bond acceptors (Lipinski definition) is 3. The molecule has 0 heterocycles. The molecule has 3 nitrogen and oxygen atoms in total. The molecular formula is C14H23NO2S. The molecule has 102 valence electrons. The maximum Gasteiger partial charge on any atom is 0.151 e. The third kappa shape index (κ3) is 4.33. The molecule has 1 aromatic carbocycles. The van der Waals surface area contributed by atoms with Crippen LogP contribution in [-0.4, -0.2) is 26.5 Å². The van der Waals surface area contributed by atoms with Crippen LogP contribution in [0.2, 0.25) is 0 Å². The van der Waals surface area contributed by atoms with Gasteiger partial charge in [-0.3, -0.25) is 0 Å². The van der Waals surface area contributed by atoms with Gasteiger partial charge in [0.2, 0.25) is 0 Å². The highest BCUT2D eigenvalue weighted by atomic mass is 32.2. The van der Waals surface area contributed by atoms with Gasteiger partial charge in [-0.05, 0) is 17.0 Å². The fourth-order valence-electron chi connectivity index (χ4n) is 1.78. The number of rotatable bonds is 5. The first kappa shape index (κ1) is 15.0. The van der Waals surface area contributed by atoms with Crippen LogP contribution in [0.25, 0.3) is 0 Å². The summed E-state index contributed by atoms with van der Waals surface area (Å²) in [5.41, 5.74) is 2.28. The van der Waals surface area contributed by atoms with Crippen LogP contribution in [0.5, 0.6) is 0 Å². The van der Waals surface area contributed by atoms with E-state index in [-0.39, 0.29) is 16.9 Å². The van der Waals surface area contributed by atoms with Crippen molar-refractivity contribution in [3.8, 4) is 0 Å². The van der Waals surface area contributed by atoms with Crippen molar-refractivity contribution in [1.29, 1.82) is 0 Å². The molecule has 0 atom stereocenters. The average Bonchev–Trinajstić information content (AvgIpc) is 2.28. The van der Waals surface area contributed by atoms with Crippen molar-refractivity contribution in [3.05, 3.63) is 29.8 Å². The predicted octanol–water partition coefficient (Wildman–Crippen LogP) is 2.83. The van der Waals surface area contributed by atoms with Crippen LogP contribution in [0.15, 0.2) is 24.3 Å². The van der Waals surface area contributed by atoms with Gasteiger partial charge >= 0.3 is 0 Å². The van der Waals surface area contributed by atoms with E-state index in [9.17, 15) is 8.42 Å². The molecule has 0 aliphatic carbocycles. The molecule has 0 radical (unpaired) electrons. The maximum absolute atomic E-state index is 11.4. The Morgan fingerprint density at radius 2 is 1.78 bits per heavy atom. The van der Waals surface area contributed by atoms with E-state index < -0.39 is 9.84 Å². The molecule has 0 saturated heterocycles. The Morgan fingerprint density at radius 3 is 2.33 bits per heavy atom. The Labute approximate surface area is 111 Å². The summed E-state index contributed by atoms with van der Waals surface area (Å²) in [4.78, 5) is 0. The lowest BCUT2D eigenvalue weighted by molar-refractivity contribution is 0.591. The number of para-hydroxylation sites is 1. The van der Waals surface area contributed by atoms with Gasteiger partial charge in [-0.15, -0.1) is 0 Å². The molecule has 0 aliphatic rings. The zero-order chi connectivity index (χ0) is 13.8. The lowest BCUT2D eigenvalue weighted by Crippen LogP contribution is -2.20. The van der Waals surface area contributed by atoms with Gasteiger partial charge in [0, 0.05) is 18.0 Å². The molecule has 0 unspecified atom stereocenters. The van der Waals surface area contributed by atoms with Gasteiger partial charge in [0.15, 0.2) is 9.84 Å². The van der Waals surface area contributed by atoms with E-state index in [1.165, 1.54) is 5.56 Å². The van der Waals surface area contributed by atoms with Gasteiger partial charge in [0.1, 0.15) is 0 Å². The fraction of sp³-hybridized carbons (Fsp3) is 0.571. The second kappa shape index (κ2) is 5.74. The highest BCUT2D eigenvalue weighted by Gasteiger charge is 2.17. The minimum absolute atomic E-state index is 0.0488. The van der Waals surface area contributed by atoms with Crippen LogP contribution in [0.3, 0.4) is 0 Å². The van der Waals surface area contributed by atoms with Gasteiger partial charge in [0.25, 0.3) is 0 Å². The van der Waals surface area contributed by atoms with Crippen molar-refractivity contribution in [2.75, 3.05) is 23.4 Å². The summed E-state index contributed by atoms with van der Waals surface area (Å²) in [6.07, 6.45) is 0. The predicted molar refractivity (Wildman–Crippen MR) is 78.0 cm³/mol. The Morgan fingerprint density at radius 1 is 1.17 bits per heavy atom. The molecule has 0 aromatic heterocycles. The summed E-state index contributed by atoms with van der Waals surface area (Å²) in [5.74, 6) is 0.386. The van der Waals surface area contributed by atoms with Crippen LogP contribution >= 0.6 is 0 Å². The molecule has 0 spiro atoms. The Balaban J connectivity index is 2.75. The van der Waals surface area contributed by atoms with E-state index in [0.29, 0.717) is 6.54 Å². The smallest absolute Gasteiger partial charge is 0.151 e. The van der Waals surface area contributed by atoms with Gasteiger partial charge < -0.3 is 5.32 Å². The van der Waals surface area contributed by atoms with Crippen LogP contribution in [0, 0.1) is 0 Å². The van der Waals surface area contributed by atoms with Crippen molar-refractivity contribution in [3.63, 3.8) is 0 Å². The Hall–Kier alpha value is -1.03. The van der Waals surface area contributed by atoms with Crippen molar-refractivity contribution >= 4 is 15.5 Å². The van der Waals surface area contributed by atoms with E-state index in [0.717, 1.165) is 5.69 Å². The zero-order valence-electron chi connectivity index (χ0n) is 11.7. The first-order valence-corrected chi connectivity index (χ1v) is 8.12. The Kier molecular flexibility index (Phi) is 4.79. The van der Waals surface area contributed by atoms with Crippen LogP contribution < -0.4 is 5.32 Å².